The van der Waals surface area contributed by atoms with E-state index in [9.17, 15) is 18.0 Å². The van der Waals surface area contributed by atoms with Crippen LogP contribution >= 0.6 is 0 Å². The predicted molar refractivity (Wildman–Crippen MR) is 114 cm³/mol. The standard InChI is InChI=1S/C17H23NO3S.C5H6N2O2/c19-17(18-11-5-2-6-12-18)14-9-10-16(13-14)22(20,21)15-7-3-1-4-8-15;6-3-5(1-2-5)7-4(8)9/h1,3-4,7-8,14,16H,2,5-6,9-13H2;7H,1-2H2,(H,8,9)/t14-,16-;/m1./s1. The predicted octanol–water partition coefficient (Wildman–Crippen LogP) is 2.95. The average Bonchev–Trinajstić information content (AvgIpc) is 3.36. The first-order chi connectivity index (χ1) is 14.8. The molecule has 0 bridgehead atoms. The molecule has 8 nitrogen and oxygen atoms in total. The molecule has 3 aliphatic rings. The highest BCUT2D eigenvalue weighted by Gasteiger charge is 2.44. The molecule has 2 atom stereocenters. The minimum atomic E-state index is -3.31. The molecule has 0 radical (unpaired) electrons. The first-order valence-corrected chi connectivity index (χ1v) is 12.3. The lowest BCUT2D eigenvalue weighted by Gasteiger charge is -2.29. The van der Waals surface area contributed by atoms with Crippen LogP contribution in [0, 0.1) is 17.2 Å². The summed E-state index contributed by atoms with van der Waals surface area (Å²) in [7, 11) is -3.31. The Morgan fingerprint density at radius 3 is 2.26 bits per heavy atom. The van der Waals surface area contributed by atoms with Crippen molar-refractivity contribution in [3.8, 4) is 6.07 Å². The summed E-state index contributed by atoms with van der Waals surface area (Å²) in [6.45, 7) is 1.68. The second kappa shape index (κ2) is 9.69. The zero-order chi connectivity index (χ0) is 22.5. The molecule has 2 amide bonds. The summed E-state index contributed by atoms with van der Waals surface area (Å²) < 4.78 is 25.3. The molecule has 0 unspecified atom stereocenters. The highest BCUT2D eigenvalue weighted by atomic mass is 32.2. The summed E-state index contributed by atoms with van der Waals surface area (Å²) in [5.74, 6) is 0.0621. The summed E-state index contributed by atoms with van der Waals surface area (Å²) in [4.78, 5) is 24.8. The van der Waals surface area contributed by atoms with Crippen LogP contribution in [0.25, 0.3) is 0 Å². The minimum Gasteiger partial charge on any atom is -0.465 e. The first kappa shape index (κ1) is 23.1. The Bertz CT molecular complexity index is 932. The minimum absolute atomic E-state index is 0.110. The number of carboxylic acid groups (broad SMARTS) is 1. The molecule has 1 aromatic carbocycles. The van der Waals surface area contributed by atoms with E-state index in [1.807, 2.05) is 17.0 Å². The fourth-order valence-corrected chi connectivity index (χ4v) is 6.07. The molecule has 2 saturated carbocycles. The second-order valence-corrected chi connectivity index (χ2v) is 10.7. The van der Waals surface area contributed by atoms with Crippen molar-refractivity contribution in [3.05, 3.63) is 30.3 Å². The summed E-state index contributed by atoms with van der Waals surface area (Å²) in [6.07, 6.45) is 5.30. The number of nitrogens with zero attached hydrogens (tertiary/aromatic N) is 2. The lowest BCUT2D eigenvalue weighted by Crippen LogP contribution is -2.39. The molecule has 2 aliphatic carbocycles. The number of nitrogens with one attached hydrogen (secondary N) is 1. The number of piperidine rings is 1. The number of hydrogen-bond acceptors (Lipinski definition) is 5. The molecular formula is C22H29N3O5S. The van der Waals surface area contributed by atoms with Crippen molar-refractivity contribution in [2.24, 2.45) is 5.92 Å². The van der Waals surface area contributed by atoms with Crippen LogP contribution in [0.5, 0.6) is 0 Å². The van der Waals surface area contributed by atoms with Crippen molar-refractivity contribution in [2.75, 3.05) is 13.1 Å². The van der Waals surface area contributed by atoms with Gasteiger partial charge in [0.2, 0.25) is 5.91 Å². The molecule has 4 rings (SSSR count). The van der Waals surface area contributed by atoms with E-state index >= 15 is 0 Å². The van der Waals surface area contributed by atoms with Crippen LogP contribution in [0.4, 0.5) is 4.79 Å². The van der Waals surface area contributed by atoms with Gasteiger partial charge in [-0.15, -0.1) is 0 Å². The van der Waals surface area contributed by atoms with Gasteiger partial charge in [-0.2, -0.15) is 5.26 Å². The lowest BCUT2D eigenvalue weighted by molar-refractivity contribution is -0.136. The summed E-state index contributed by atoms with van der Waals surface area (Å²) in [5.41, 5.74) is -0.730. The van der Waals surface area contributed by atoms with Gasteiger partial charge in [-0.05, 0) is 63.5 Å². The van der Waals surface area contributed by atoms with Gasteiger partial charge in [0.25, 0.3) is 0 Å². The molecule has 31 heavy (non-hydrogen) atoms. The van der Waals surface area contributed by atoms with Crippen molar-refractivity contribution >= 4 is 21.8 Å². The molecule has 3 fully saturated rings. The Kier molecular flexibility index (Phi) is 7.21. The van der Waals surface area contributed by atoms with Gasteiger partial charge >= 0.3 is 6.09 Å². The third kappa shape index (κ3) is 5.76. The monoisotopic (exact) mass is 447 g/mol. The van der Waals surface area contributed by atoms with E-state index in [-0.39, 0.29) is 11.8 Å². The maximum absolute atomic E-state index is 12.7. The Labute approximate surface area is 183 Å². The number of rotatable bonds is 4. The van der Waals surface area contributed by atoms with E-state index in [1.165, 1.54) is 6.42 Å². The van der Waals surface area contributed by atoms with E-state index in [0.29, 0.717) is 37.0 Å². The van der Waals surface area contributed by atoms with Crippen molar-refractivity contribution in [2.45, 2.75) is 67.1 Å². The topological polar surface area (TPSA) is 128 Å². The van der Waals surface area contributed by atoms with Crippen molar-refractivity contribution < 1.29 is 23.1 Å². The average molecular weight is 448 g/mol. The van der Waals surface area contributed by atoms with E-state index in [2.05, 4.69) is 5.32 Å². The number of sulfone groups is 1. The maximum Gasteiger partial charge on any atom is 0.405 e. The van der Waals surface area contributed by atoms with Gasteiger partial charge in [0.1, 0.15) is 5.54 Å². The number of amides is 2. The molecule has 1 aliphatic heterocycles. The SMILES string of the molecule is N#CC1(NC(=O)O)CC1.O=C([C@@H]1CC[C@@H](S(=O)(=O)c2ccccc2)C1)N1CCCCC1. The number of carbonyl (C=O) groups excluding carboxylic acids is 1. The summed E-state index contributed by atoms with van der Waals surface area (Å²) in [6, 6.07) is 10.5. The zero-order valence-electron chi connectivity index (χ0n) is 17.5. The van der Waals surface area contributed by atoms with Crippen molar-refractivity contribution in [1.82, 2.24) is 10.2 Å². The van der Waals surface area contributed by atoms with Crippen LogP contribution < -0.4 is 5.32 Å². The van der Waals surface area contributed by atoms with Gasteiger partial charge in [-0.1, -0.05) is 18.2 Å². The Hall–Kier alpha value is -2.60. The zero-order valence-corrected chi connectivity index (χ0v) is 18.3. The third-order valence-electron chi connectivity index (χ3n) is 6.22. The highest BCUT2D eigenvalue weighted by molar-refractivity contribution is 7.92. The molecule has 168 valence electrons. The highest BCUT2D eigenvalue weighted by Crippen LogP contribution is 2.35. The molecule has 1 aromatic rings. The Morgan fingerprint density at radius 1 is 1.10 bits per heavy atom. The largest absolute Gasteiger partial charge is 0.465 e. The number of likely N-dealkylation sites (tertiary alicyclic amines) is 1. The fourth-order valence-electron chi connectivity index (χ4n) is 4.22. The number of benzene rings is 1. The van der Waals surface area contributed by atoms with Gasteiger partial charge < -0.3 is 15.3 Å². The molecule has 2 N–H and O–H groups in total. The van der Waals surface area contributed by atoms with Crippen LogP contribution in [-0.4, -0.2) is 54.3 Å². The van der Waals surface area contributed by atoms with Crippen molar-refractivity contribution in [3.63, 3.8) is 0 Å². The molecule has 1 heterocycles. The van der Waals surface area contributed by atoms with Gasteiger partial charge in [0.15, 0.2) is 9.84 Å². The van der Waals surface area contributed by atoms with Crippen molar-refractivity contribution in [1.29, 1.82) is 5.26 Å². The molecule has 0 spiro atoms. The fraction of sp³-hybridized carbons (Fsp3) is 0.591. The van der Waals surface area contributed by atoms with Gasteiger partial charge in [-0.25, -0.2) is 13.2 Å². The Morgan fingerprint density at radius 2 is 1.74 bits per heavy atom. The number of hydrogen-bond donors (Lipinski definition) is 2. The van der Waals surface area contributed by atoms with E-state index in [0.717, 1.165) is 25.9 Å². The smallest absolute Gasteiger partial charge is 0.405 e. The quantitative estimate of drug-likeness (QED) is 0.730. The summed E-state index contributed by atoms with van der Waals surface area (Å²) in [5, 5.41) is 18.2. The van der Waals surface area contributed by atoms with Crippen LogP contribution in [0.3, 0.4) is 0 Å². The first-order valence-electron chi connectivity index (χ1n) is 10.8. The molecule has 9 heteroatoms. The van der Waals surface area contributed by atoms with Gasteiger partial charge in [0, 0.05) is 19.0 Å². The third-order valence-corrected chi connectivity index (χ3v) is 8.46. The van der Waals surface area contributed by atoms with Crippen LogP contribution in [0.15, 0.2) is 35.2 Å². The Balaban J connectivity index is 0.000000254. The molecule has 0 aromatic heterocycles. The summed E-state index contributed by atoms with van der Waals surface area (Å²) >= 11 is 0. The maximum atomic E-state index is 12.7. The van der Waals surface area contributed by atoms with Gasteiger partial charge in [0.05, 0.1) is 16.2 Å². The lowest BCUT2D eigenvalue weighted by atomic mass is 10.0. The number of nitriles is 1. The van der Waals surface area contributed by atoms with Crippen LogP contribution in [-0.2, 0) is 14.6 Å². The molecular weight excluding hydrogens is 418 g/mol. The normalized spacial score (nSPS) is 24.3. The van der Waals surface area contributed by atoms with Crippen LogP contribution in [0.1, 0.15) is 51.4 Å². The van der Waals surface area contributed by atoms with E-state index in [4.69, 9.17) is 10.4 Å². The van der Waals surface area contributed by atoms with Gasteiger partial charge in [-0.3, -0.25) is 4.79 Å². The van der Waals surface area contributed by atoms with E-state index < -0.39 is 26.7 Å². The second-order valence-electron chi connectivity index (χ2n) is 8.50. The van der Waals surface area contributed by atoms with E-state index in [1.54, 1.807) is 24.3 Å². The number of carbonyl (C=O) groups is 2. The van der Waals surface area contributed by atoms with Crippen LogP contribution in [0.2, 0.25) is 0 Å². The molecule has 1 saturated heterocycles.